The van der Waals surface area contributed by atoms with E-state index < -0.39 is 0 Å². The van der Waals surface area contributed by atoms with Crippen LogP contribution in [0.2, 0.25) is 10.0 Å². The number of carbonyl (C=O) groups excluding carboxylic acids is 2. The number of carbonyl (C=O) groups is 2. The molecule has 2 atom stereocenters. The minimum Gasteiger partial charge on any atom is -0.337 e. The molecule has 0 aliphatic heterocycles. The Labute approximate surface area is 199 Å². The molecule has 1 aliphatic rings. The summed E-state index contributed by atoms with van der Waals surface area (Å²) in [4.78, 5) is 24.9. The van der Waals surface area contributed by atoms with Crippen molar-refractivity contribution >= 4 is 46.6 Å². The molecule has 32 heavy (non-hydrogen) atoms. The van der Waals surface area contributed by atoms with E-state index in [0.29, 0.717) is 28.0 Å². The lowest BCUT2D eigenvalue weighted by atomic mass is 9.62. The van der Waals surface area contributed by atoms with Gasteiger partial charge in [0.25, 0.3) is 0 Å². The molecule has 2 aromatic carbocycles. The van der Waals surface area contributed by atoms with Crippen molar-refractivity contribution < 1.29 is 9.59 Å². The van der Waals surface area contributed by atoms with Crippen molar-refractivity contribution in [3.05, 3.63) is 58.6 Å². The van der Waals surface area contributed by atoms with Crippen LogP contribution >= 0.6 is 23.2 Å². The molecule has 8 heteroatoms. The molecule has 0 saturated heterocycles. The summed E-state index contributed by atoms with van der Waals surface area (Å²) in [6.45, 7) is 7.06. The summed E-state index contributed by atoms with van der Waals surface area (Å²) in [6.07, 6.45) is 2.58. The Hall–Kier alpha value is -2.44. The number of urea groups is 2. The Balaban J connectivity index is 1.55. The molecule has 0 bridgehead atoms. The molecule has 0 aromatic heterocycles. The van der Waals surface area contributed by atoms with Crippen molar-refractivity contribution in [1.82, 2.24) is 10.6 Å². The van der Waals surface area contributed by atoms with Crippen molar-refractivity contribution in [2.75, 3.05) is 17.2 Å². The fourth-order valence-electron chi connectivity index (χ4n) is 4.76. The maximum Gasteiger partial charge on any atom is 0.319 e. The van der Waals surface area contributed by atoms with Crippen LogP contribution < -0.4 is 21.3 Å². The first kappa shape index (κ1) is 24.2. The second-order valence-corrected chi connectivity index (χ2v) is 10.5. The summed E-state index contributed by atoms with van der Waals surface area (Å²) >= 11 is 11.8. The second-order valence-electron chi connectivity index (χ2n) is 9.68. The van der Waals surface area contributed by atoms with E-state index in [1.54, 1.807) is 48.5 Å². The Bertz CT molecular complexity index is 947. The van der Waals surface area contributed by atoms with E-state index in [2.05, 4.69) is 42.0 Å². The first-order valence-corrected chi connectivity index (χ1v) is 11.4. The van der Waals surface area contributed by atoms with Gasteiger partial charge >= 0.3 is 12.1 Å². The molecule has 1 saturated carbocycles. The van der Waals surface area contributed by atoms with Gasteiger partial charge in [-0.2, -0.15) is 0 Å². The number of benzene rings is 2. The van der Waals surface area contributed by atoms with Crippen LogP contribution in [0.25, 0.3) is 0 Å². The zero-order chi connectivity index (χ0) is 23.4. The topological polar surface area (TPSA) is 82.3 Å². The van der Waals surface area contributed by atoms with Gasteiger partial charge in [0.1, 0.15) is 0 Å². The van der Waals surface area contributed by atoms with Gasteiger partial charge in [-0.15, -0.1) is 0 Å². The van der Waals surface area contributed by atoms with E-state index in [-0.39, 0.29) is 28.9 Å². The second kappa shape index (κ2) is 10.0. The molecule has 0 radical (unpaired) electrons. The molecule has 0 spiro atoms. The quantitative estimate of drug-likeness (QED) is 0.395. The number of hydrogen-bond acceptors (Lipinski definition) is 2. The molecule has 1 fully saturated rings. The average Bonchev–Trinajstić information content (AvgIpc) is 2.68. The van der Waals surface area contributed by atoms with E-state index in [9.17, 15) is 9.59 Å². The van der Waals surface area contributed by atoms with Crippen LogP contribution in [0, 0.1) is 10.8 Å². The van der Waals surface area contributed by atoms with Crippen LogP contribution in [-0.2, 0) is 0 Å². The number of amides is 4. The van der Waals surface area contributed by atoms with Crippen LogP contribution in [0.5, 0.6) is 0 Å². The van der Waals surface area contributed by atoms with Gasteiger partial charge in [0.2, 0.25) is 0 Å². The van der Waals surface area contributed by atoms with Crippen LogP contribution in [0.4, 0.5) is 21.0 Å². The van der Waals surface area contributed by atoms with Crippen molar-refractivity contribution in [1.29, 1.82) is 0 Å². The maximum absolute atomic E-state index is 12.5. The molecule has 6 nitrogen and oxygen atoms in total. The fourth-order valence-corrected chi connectivity index (χ4v) is 5.01. The Morgan fingerprint density at radius 2 is 1.34 bits per heavy atom. The minimum absolute atomic E-state index is 0.00261. The van der Waals surface area contributed by atoms with Gasteiger partial charge in [0, 0.05) is 34.0 Å². The van der Waals surface area contributed by atoms with E-state index in [0.717, 1.165) is 19.3 Å². The highest BCUT2D eigenvalue weighted by Crippen LogP contribution is 2.45. The Morgan fingerprint density at radius 3 is 1.88 bits per heavy atom. The normalized spacial score (nSPS) is 22.0. The van der Waals surface area contributed by atoms with Gasteiger partial charge in [0.15, 0.2) is 0 Å². The SMILES string of the molecule is CC1(C)C[C@H](NC(=O)Nc2ccc(Cl)cc2)C[C@](C)(CNC(=O)Nc2ccc(Cl)cc2)C1. The summed E-state index contributed by atoms with van der Waals surface area (Å²) in [6, 6.07) is 13.5. The number of anilines is 2. The lowest BCUT2D eigenvalue weighted by Gasteiger charge is -2.46. The molecule has 1 aliphatic carbocycles. The van der Waals surface area contributed by atoms with Crippen LogP contribution in [-0.4, -0.2) is 24.6 Å². The van der Waals surface area contributed by atoms with E-state index in [1.165, 1.54) is 0 Å². The summed E-state index contributed by atoms with van der Waals surface area (Å²) < 4.78 is 0. The molecule has 0 unspecified atom stereocenters. The zero-order valence-corrected chi connectivity index (χ0v) is 20.1. The predicted molar refractivity (Wildman–Crippen MR) is 132 cm³/mol. The number of halogens is 2. The molecule has 4 N–H and O–H groups in total. The highest BCUT2D eigenvalue weighted by atomic mass is 35.5. The van der Waals surface area contributed by atoms with Crippen LogP contribution in [0.15, 0.2) is 48.5 Å². The largest absolute Gasteiger partial charge is 0.337 e. The third-order valence-corrected chi connectivity index (χ3v) is 6.16. The standard InChI is InChI=1S/C24H30Cl2N4O2/c1-23(2)12-20(30-22(32)29-19-10-6-17(26)7-11-19)13-24(3,14-23)15-27-21(31)28-18-8-4-16(25)5-9-18/h4-11,20H,12-15H2,1-3H3,(H2,27,28,31)(H2,29,30,32)/t20-,24-/m0/s1. The maximum atomic E-state index is 12.5. The summed E-state index contributed by atoms with van der Waals surface area (Å²) in [7, 11) is 0. The predicted octanol–water partition coefficient (Wildman–Crippen LogP) is 6.52. The van der Waals surface area contributed by atoms with Crippen molar-refractivity contribution in [2.24, 2.45) is 10.8 Å². The van der Waals surface area contributed by atoms with E-state index in [4.69, 9.17) is 23.2 Å². The van der Waals surface area contributed by atoms with Crippen molar-refractivity contribution in [3.63, 3.8) is 0 Å². The fraction of sp³-hybridized carbons (Fsp3) is 0.417. The molecule has 172 valence electrons. The molecular weight excluding hydrogens is 447 g/mol. The summed E-state index contributed by atoms with van der Waals surface area (Å²) in [5.41, 5.74) is 1.24. The van der Waals surface area contributed by atoms with Gasteiger partial charge in [-0.1, -0.05) is 44.0 Å². The average molecular weight is 477 g/mol. The smallest absolute Gasteiger partial charge is 0.319 e. The van der Waals surface area contributed by atoms with Gasteiger partial charge < -0.3 is 21.3 Å². The summed E-state index contributed by atoms with van der Waals surface area (Å²) in [5.74, 6) is 0. The molecule has 2 aromatic rings. The van der Waals surface area contributed by atoms with Crippen LogP contribution in [0.3, 0.4) is 0 Å². The Kier molecular flexibility index (Phi) is 7.57. The van der Waals surface area contributed by atoms with Crippen LogP contribution in [0.1, 0.15) is 40.0 Å². The van der Waals surface area contributed by atoms with Gasteiger partial charge in [-0.05, 0) is 78.6 Å². The highest BCUT2D eigenvalue weighted by molar-refractivity contribution is 6.30. The monoisotopic (exact) mass is 476 g/mol. The van der Waals surface area contributed by atoms with Gasteiger partial charge in [-0.3, -0.25) is 0 Å². The van der Waals surface area contributed by atoms with E-state index >= 15 is 0 Å². The lowest BCUT2D eigenvalue weighted by Crippen LogP contribution is -2.51. The van der Waals surface area contributed by atoms with Gasteiger partial charge in [0.05, 0.1) is 0 Å². The molecule has 0 heterocycles. The summed E-state index contributed by atoms with van der Waals surface area (Å²) in [5, 5.41) is 13.0. The molecular formula is C24H30Cl2N4O2. The van der Waals surface area contributed by atoms with Gasteiger partial charge in [-0.25, -0.2) is 9.59 Å². The first-order valence-electron chi connectivity index (χ1n) is 10.7. The third kappa shape index (κ3) is 7.31. The number of hydrogen-bond donors (Lipinski definition) is 4. The number of nitrogens with one attached hydrogen (secondary N) is 4. The Morgan fingerprint density at radius 1 is 0.844 bits per heavy atom. The van der Waals surface area contributed by atoms with E-state index in [1.807, 2.05) is 0 Å². The molecule has 4 amide bonds. The molecule has 3 rings (SSSR count). The van der Waals surface area contributed by atoms with Crippen molar-refractivity contribution in [2.45, 2.75) is 46.1 Å². The minimum atomic E-state index is -0.262. The van der Waals surface area contributed by atoms with Crippen molar-refractivity contribution in [3.8, 4) is 0 Å². The first-order chi connectivity index (χ1) is 15.0. The zero-order valence-electron chi connectivity index (χ0n) is 18.6. The third-order valence-electron chi connectivity index (χ3n) is 5.66. The lowest BCUT2D eigenvalue weighted by molar-refractivity contribution is 0.0761. The highest BCUT2D eigenvalue weighted by Gasteiger charge is 2.41. The number of rotatable bonds is 5.